The first-order valence-electron chi connectivity index (χ1n) is 17.6. The molecule has 0 aromatic heterocycles. The summed E-state index contributed by atoms with van der Waals surface area (Å²) in [5.41, 5.74) is 11.6. The number of aryl methyl sites for hydroxylation is 2. The van der Waals surface area contributed by atoms with E-state index in [2.05, 4.69) is 108 Å². The predicted molar refractivity (Wildman–Crippen MR) is 225 cm³/mol. The first-order valence-corrected chi connectivity index (χ1v) is 20.1. The summed E-state index contributed by atoms with van der Waals surface area (Å²) in [6.07, 6.45) is 11.0. The van der Waals surface area contributed by atoms with Crippen LogP contribution < -0.4 is 0 Å². The number of hydrogen-bond acceptors (Lipinski definition) is 0. The fourth-order valence-corrected chi connectivity index (χ4v) is 7.04. The van der Waals surface area contributed by atoms with Crippen LogP contribution in [0.3, 0.4) is 0 Å². The van der Waals surface area contributed by atoms with E-state index in [0.717, 1.165) is 44.4 Å². The Morgan fingerprint density at radius 3 is 1.63 bits per heavy atom. The van der Waals surface area contributed by atoms with Crippen LogP contribution in [0.1, 0.15) is 81.3 Å². The van der Waals surface area contributed by atoms with Crippen molar-refractivity contribution in [1.82, 2.24) is 0 Å². The fraction of sp³-hybridized carbons (Fsp3) is 0.245. The molecule has 0 bridgehead atoms. The van der Waals surface area contributed by atoms with E-state index in [9.17, 15) is 0 Å². The zero-order valence-electron chi connectivity index (χ0n) is 31.8. The molecule has 0 aliphatic heterocycles. The third-order valence-electron chi connectivity index (χ3n) is 8.97. The second-order valence-corrected chi connectivity index (χ2v) is 15.8. The summed E-state index contributed by atoms with van der Waals surface area (Å²) in [4.78, 5) is 0. The van der Waals surface area contributed by atoms with Gasteiger partial charge in [-0.25, -0.2) is 12.2 Å². The molecule has 0 fully saturated rings. The van der Waals surface area contributed by atoms with Gasteiger partial charge < -0.3 is 0 Å². The van der Waals surface area contributed by atoms with Crippen LogP contribution in [-0.2, 0) is 41.5 Å². The van der Waals surface area contributed by atoms with Crippen LogP contribution in [0.15, 0.2) is 109 Å². The van der Waals surface area contributed by atoms with Crippen LogP contribution in [0, 0.1) is 38.1 Å². The van der Waals surface area contributed by atoms with Gasteiger partial charge >= 0.3 is 28.4 Å². The molecule has 0 saturated carbocycles. The van der Waals surface area contributed by atoms with Gasteiger partial charge in [-0.3, -0.25) is 6.08 Å². The van der Waals surface area contributed by atoms with E-state index in [1.54, 1.807) is 0 Å². The van der Waals surface area contributed by atoms with E-state index < -0.39 is 0 Å². The van der Waals surface area contributed by atoms with E-state index in [-0.39, 0.29) is 10.8 Å². The Balaban J connectivity index is 0.000000173. The molecular formula is C49H48Cl2Zr-4. The molecule has 6 aromatic rings. The second kappa shape index (κ2) is 18.6. The minimum absolute atomic E-state index is 0.163. The Kier molecular flexibility index (Phi) is 14.8. The Hall–Kier alpha value is -3.35. The average Bonchev–Trinajstić information content (AvgIpc) is 3.81. The Morgan fingerprint density at radius 2 is 1.19 bits per heavy atom. The molecule has 0 unspecified atom stereocenters. The molecule has 2 aliphatic carbocycles. The summed E-state index contributed by atoms with van der Waals surface area (Å²) in [5.74, 6) is 0. The number of benzene rings is 6. The van der Waals surface area contributed by atoms with Crippen molar-refractivity contribution >= 4 is 49.0 Å². The Labute approximate surface area is 337 Å². The number of halogens is 2. The predicted octanol–water partition coefficient (Wildman–Crippen LogP) is 14.1. The van der Waals surface area contributed by atoms with Crippen LogP contribution >= 0.6 is 23.2 Å². The molecule has 8 rings (SSSR count). The molecule has 0 atom stereocenters. The van der Waals surface area contributed by atoms with Gasteiger partial charge in [0.25, 0.3) is 0 Å². The van der Waals surface area contributed by atoms with Gasteiger partial charge in [0.15, 0.2) is 0 Å². The van der Waals surface area contributed by atoms with Gasteiger partial charge in [-0.05, 0) is 45.5 Å². The third kappa shape index (κ3) is 10.6. The fourth-order valence-electron chi connectivity index (χ4n) is 6.59. The van der Waals surface area contributed by atoms with Crippen molar-refractivity contribution in [3.63, 3.8) is 0 Å². The van der Waals surface area contributed by atoms with Gasteiger partial charge in [0.2, 0.25) is 0 Å². The summed E-state index contributed by atoms with van der Waals surface area (Å²) in [6, 6.07) is 40.4. The van der Waals surface area contributed by atoms with Gasteiger partial charge in [0.1, 0.15) is 0 Å². The molecule has 52 heavy (non-hydrogen) atoms. The van der Waals surface area contributed by atoms with Gasteiger partial charge in [0, 0.05) is 0 Å². The molecule has 0 N–H and O–H groups in total. The second-order valence-electron chi connectivity index (χ2n) is 14.9. The van der Waals surface area contributed by atoms with E-state index in [1.165, 1.54) is 68.7 Å². The molecule has 0 radical (unpaired) electrons. The number of hydrogen-bond donors (Lipinski definition) is 0. The summed E-state index contributed by atoms with van der Waals surface area (Å²) in [7, 11) is 0. The van der Waals surface area contributed by atoms with Crippen molar-refractivity contribution in [2.75, 3.05) is 0 Å². The van der Waals surface area contributed by atoms with Gasteiger partial charge in [-0.1, -0.05) is 107 Å². The van der Waals surface area contributed by atoms with E-state index in [1.807, 2.05) is 84.9 Å². The number of rotatable bonds is 0. The van der Waals surface area contributed by atoms with Crippen molar-refractivity contribution in [3.05, 3.63) is 177 Å². The topological polar surface area (TPSA) is 0 Å². The van der Waals surface area contributed by atoms with Crippen molar-refractivity contribution < 1.29 is 24.2 Å². The summed E-state index contributed by atoms with van der Waals surface area (Å²) in [6.45, 7) is 18.2. The SMILES string of the molecule is Cc1[c-]c2c(cc1C(C)(C)C)-c1cc(C(C)(C)C)c(C)cc1C2.Clc1cc[c-]c2ccccc12.Clc1cc[c-]c2ccccc12.[C-]1=CC=CC1.[CH2]=[Zr]. The molecule has 3 heteroatoms. The summed E-state index contributed by atoms with van der Waals surface area (Å²) < 4.78 is 3.34. The van der Waals surface area contributed by atoms with Crippen LogP contribution in [0.5, 0.6) is 0 Å². The quantitative estimate of drug-likeness (QED) is 0.134. The van der Waals surface area contributed by atoms with Gasteiger partial charge in [0.05, 0.1) is 0 Å². The maximum absolute atomic E-state index is 5.94. The summed E-state index contributed by atoms with van der Waals surface area (Å²) in [5, 5.41) is 5.85. The van der Waals surface area contributed by atoms with Crippen molar-refractivity contribution in [2.24, 2.45) is 0 Å². The van der Waals surface area contributed by atoms with Crippen LogP contribution in [-0.4, -0.2) is 4.21 Å². The monoisotopic (exact) mass is 796 g/mol. The van der Waals surface area contributed by atoms with Gasteiger partial charge in [-0.15, -0.1) is 118 Å². The van der Waals surface area contributed by atoms with E-state index >= 15 is 0 Å². The van der Waals surface area contributed by atoms with Gasteiger partial charge in [-0.2, -0.15) is 23.8 Å². The van der Waals surface area contributed by atoms with E-state index in [0.29, 0.717) is 0 Å². The third-order valence-corrected chi connectivity index (χ3v) is 9.63. The Bertz CT molecular complexity index is 2030. The molecular weight excluding hydrogens is 751 g/mol. The molecule has 0 saturated heterocycles. The first-order chi connectivity index (χ1) is 24.7. The van der Waals surface area contributed by atoms with Crippen LogP contribution in [0.4, 0.5) is 0 Å². The van der Waals surface area contributed by atoms with Crippen LogP contribution in [0.25, 0.3) is 32.7 Å². The van der Waals surface area contributed by atoms with E-state index in [4.69, 9.17) is 23.2 Å². The molecule has 0 nitrogen and oxygen atoms in total. The Morgan fingerprint density at radius 1 is 0.673 bits per heavy atom. The minimum atomic E-state index is 0.163. The summed E-state index contributed by atoms with van der Waals surface area (Å²) >= 11 is 13.2. The normalized spacial score (nSPS) is 12.2. The molecule has 0 heterocycles. The maximum atomic E-state index is 5.94. The standard InChI is InChI=1S/C23H29.2C10H6Cl.C5H5.CH2.Zr/c1-14-9-16-11-17-10-15(2)21(23(6,7)8)13-19(17)18(16)12-20(14)22(3,4)5;2*11-10-7-3-5-8-4-1-2-6-9(8)10;1-2-4-5-3-1;;/h9,12-13H,11H2,1-8H3;2*1-4,6-7H;1-3H,4H2;1H2;/q4*-1;;. The molecule has 0 amide bonds. The van der Waals surface area contributed by atoms with Crippen molar-refractivity contribution in [3.8, 4) is 11.1 Å². The zero-order valence-corrected chi connectivity index (χ0v) is 35.7. The average molecular weight is 799 g/mol. The number of fused-ring (bicyclic) bond motifs is 5. The molecule has 0 spiro atoms. The van der Waals surface area contributed by atoms with Crippen molar-refractivity contribution in [1.29, 1.82) is 0 Å². The zero-order chi connectivity index (χ0) is 38.1. The molecule has 266 valence electrons. The molecule has 6 aromatic carbocycles. The van der Waals surface area contributed by atoms with Crippen molar-refractivity contribution in [2.45, 2.75) is 79.1 Å². The first kappa shape index (κ1) is 41.4. The molecule has 2 aliphatic rings. The van der Waals surface area contributed by atoms with Crippen LogP contribution in [0.2, 0.25) is 10.0 Å². The number of allylic oxidation sites excluding steroid dienone is 4.